The minimum atomic E-state index is -3.85. The van der Waals surface area contributed by atoms with Crippen molar-refractivity contribution in [2.45, 2.75) is 46.7 Å². The van der Waals surface area contributed by atoms with E-state index in [-0.39, 0.29) is 24.8 Å². The van der Waals surface area contributed by atoms with Crippen molar-refractivity contribution < 1.29 is 18.0 Å². The van der Waals surface area contributed by atoms with Gasteiger partial charge in [-0.1, -0.05) is 91.1 Å². The van der Waals surface area contributed by atoms with Crippen LogP contribution in [-0.2, 0) is 32.6 Å². The first-order valence-corrected chi connectivity index (χ1v) is 16.0. The molecule has 10 heteroatoms. The van der Waals surface area contributed by atoms with Crippen LogP contribution in [0, 0.1) is 19.8 Å². The maximum absolute atomic E-state index is 14.2. The van der Waals surface area contributed by atoms with Gasteiger partial charge in [0, 0.05) is 19.5 Å². The van der Waals surface area contributed by atoms with Gasteiger partial charge in [0.05, 0.1) is 22.0 Å². The molecule has 41 heavy (non-hydrogen) atoms. The molecule has 0 heterocycles. The van der Waals surface area contributed by atoms with Gasteiger partial charge in [-0.05, 0) is 54.7 Å². The zero-order valence-electron chi connectivity index (χ0n) is 24.0. The lowest BCUT2D eigenvalue weighted by Gasteiger charge is -2.34. The van der Waals surface area contributed by atoms with Crippen LogP contribution in [0.5, 0.6) is 0 Å². The minimum Gasteiger partial charge on any atom is -0.354 e. The second-order valence-corrected chi connectivity index (χ2v) is 13.4. The Morgan fingerprint density at radius 3 is 2.17 bits per heavy atom. The molecule has 220 valence electrons. The summed E-state index contributed by atoms with van der Waals surface area (Å²) in [5.74, 6) is -0.656. The molecule has 3 aromatic rings. The fourth-order valence-corrected chi connectivity index (χ4v) is 5.72. The average molecular weight is 619 g/mol. The summed E-state index contributed by atoms with van der Waals surface area (Å²) < 4.78 is 27.1. The molecule has 7 nitrogen and oxygen atoms in total. The lowest BCUT2D eigenvalue weighted by Crippen LogP contribution is -2.53. The highest BCUT2D eigenvalue weighted by Crippen LogP contribution is 2.26. The number of carbonyl (C=O) groups excluding carboxylic acids is 2. The van der Waals surface area contributed by atoms with Crippen LogP contribution in [0.3, 0.4) is 0 Å². The van der Waals surface area contributed by atoms with Crippen molar-refractivity contribution in [1.82, 2.24) is 10.2 Å². The van der Waals surface area contributed by atoms with E-state index in [2.05, 4.69) is 5.32 Å². The molecule has 0 saturated heterocycles. The van der Waals surface area contributed by atoms with Crippen molar-refractivity contribution in [3.05, 3.63) is 99.0 Å². The van der Waals surface area contributed by atoms with E-state index in [1.807, 2.05) is 57.2 Å². The fraction of sp³-hybridized carbons (Fsp3) is 0.355. The smallest absolute Gasteiger partial charge is 0.244 e. The largest absolute Gasteiger partial charge is 0.354 e. The molecule has 1 atom stereocenters. The third-order valence-corrected chi connectivity index (χ3v) is 8.46. The van der Waals surface area contributed by atoms with Crippen molar-refractivity contribution in [2.24, 2.45) is 5.92 Å². The number of sulfonamides is 1. The molecule has 0 radical (unpaired) electrons. The number of amides is 2. The summed E-state index contributed by atoms with van der Waals surface area (Å²) in [5, 5.41) is 3.64. The number of nitrogens with zero attached hydrogens (tertiary/aromatic N) is 2. The number of carbonyl (C=O) groups is 2. The molecule has 1 N–H and O–H groups in total. The van der Waals surface area contributed by atoms with Crippen LogP contribution in [0.2, 0.25) is 10.0 Å². The number of benzene rings is 3. The van der Waals surface area contributed by atoms with E-state index in [0.29, 0.717) is 27.8 Å². The molecule has 0 spiro atoms. The lowest BCUT2D eigenvalue weighted by atomic mass is 10.0. The molecule has 0 saturated carbocycles. The molecule has 0 fully saturated rings. The van der Waals surface area contributed by atoms with Crippen molar-refractivity contribution in [2.75, 3.05) is 23.7 Å². The molecule has 0 aromatic heterocycles. The van der Waals surface area contributed by atoms with E-state index in [1.54, 1.807) is 37.3 Å². The number of hydrogen-bond acceptors (Lipinski definition) is 4. The first-order chi connectivity index (χ1) is 19.3. The molecule has 2 amide bonds. The monoisotopic (exact) mass is 617 g/mol. The normalized spacial score (nSPS) is 12.2. The van der Waals surface area contributed by atoms with Gasteiger partial charge in [-0.25, -0.2) is 8.42 Å². The Kier molecular flexibility index (Phi) is 11.2. The summed E-state index contributed by atoms with van der Waals surface area (Å²) >= 11 is 12.4. The van der Waals surface area contributed by atoms with Crippen LogP contribution < -0.4 is 9.62 Å². The summed E-state index contributed by atoms with van der Waals surface area (Å²) in [6.07, 6.45) is 1.31. The molecule has 0 aliphatic carbocycles. The standard InChI is InChI=1S/C31H37Cl2N3O4S/c1-21(2)18-34-31(38)29(17-24-9-7-6-8-10-24)35(19-25-12-13-26(32)27(33)16-25)30(37)20-36(41(5,39)40)28-14-11-22(3)15-23(28)4/h6-16,21,29H,17-20H2,1-5H3,(H,34,38)/t29-/m1/s1. The third-order valence-electron chi connectivity index (χ3n) is 6.59. The van der Waals surface area contributed by atoms with E-state index in [9.17, 15) is 18.0 Å². The fourth-order valence-electron chi connectivity index (χ4n) is 4.49. The van der Waals surface area contributed by atoms with E-state index in [1.165, 1.54) is 4.90 Å². The molecule has 3 aromatic carbocycles. The number of rotatable bonds is 12. The summed E-state index contributed by atoms with van der Waals surface area (Å²) in [6.45, 7) is 7.65. The van der Waals surface area contributed by atoms with Crippen molar-refractivity contribution in [3.63, 3.8) is 0 Å². The SMILES string of the molecule is Cc1ccc(N(CC(=O)N(Cc2ccc(Cl)c(Cl)c2)[C@H](Cc2ccccc2)C(=O)NCC(C)C)S(C)(=O)=O)c(C)c1. The van der Waals surface area contributed by atoms with Crippen LogP contribution in [0.25, 0.3) is 0 Å². The topological polar surface area (TPSA) is 86.8 Å². The predicted octanol–water partition coefficient (Wildman–Crippen LogP) is 5.79. The maximum Gasteiger partial charge on any atom is 0.244 e. The highest BCUT2D eigenvalue weighted by molar-refractivity contribution is 7.92. The van der Waals surface area contributed by atoms with Crippen LogP contribution in [0.4, 0.5) is 5.69 Å². The van der Waals surface area contributed by atoms with Gasteiger partial charge in [0.1, 0.15) is 12.6 Å². The van der Waals surface area contributed by atoms with E-state index < -0.39 is 28.5 Å². The third kappa shape index (κ3) is 9.21. The first kappa shape index (κ1) is 32.4. The van der Waals surface area contributed by atoms with E-state index in [0.717, 1.165) is 27.3 Å². The lowest BCUT2D eigenvalue weighted by molar-refractivity contribution is -0.140. The Morgan fingerprint density at radius 1 is 0.902 bits per heavy atom. The van der Waals surface area contributed by atoms with Crippen LogP contribution in [-0.4, -0.2) is 50.5 Å². The van der Waals surface area contributed by atoms with E-state index in [4.69, 9.17) is 23.2 Å². The highest BCUT2D eigenvalue weighted by Gasteiger charge is 2.33. The number of halogens is 2. The van der Waals surface area contributed by atoms with Gasteiger partial charge >= 0.3 is 0 Å². The van der Waals surface area contributed by atoms with Gasteiger partial charge in [0.2, 0.25) is 21.8 Å². The maximum atomic E-state index is 14.2. The molecular formula is C31H37Cl2N3O4S. The highest BCUT2D eigenvalue weighted by atomic mass is 35.5. The predicted molar refractivity (Wildman–Crippen MR) is 167 cm³/mol. The molecule has 0 bridgehead atoms. The Balaban J connectivity index is 2.08. The van der Waals surface area contributed by atoms with E-state index >= 15 is 0 Å². The van der Waals surface area contributed by atoms with Crippen LogP contribution in [0.15, 0.2) is 66.7 Å². The van der Waals surface area contributed by atoms with Gasteiger partial charge in [-0.15, -0.1) is 0 Å². The summed E-state index contributed by atoms with van der Waals surface area (Å²) in [6, 6.07) is 18.9. The molecular weight excluding hydrogens is 581 g/mol. The van der Waals surface area contributed by atoms with Crippen molar-refractivity contribution in [3.8, 4) is 0 Å². The second-order valence-electron chi connectivity index (χ2n) is 10.7. The van der Waals surface area contributed by atoms with Gasteiger partial charge in [-0.3, -0.25) is 13.9 Å². The molecule has 0 unspecified atom stereocenters. The zero-order valence-corrected chi connectivity index (χ0v) is 26.4. The Morgan fingerprint density at radius 2 is 1.59 bits per heavy atom. The van der Waals surface area contributed by atoms with Crippen LogP contribution >= 0.6 is 23.2 Å². The first-order valence-electron chi connectivity index (χ1n) is 13.4. The van der Waals surface area contributed by atoms with Gasteiger partial charge in [0.15, 0.2) is 0 Å². The van der Waals surface area contributed by atoms with Crippen molar-refractivity contribution >= 4 is 50.7 Å². The summed E-state index contributed by atoms with van der Waals surface area (Å²) in [5.41, 5.74) is 3.61. The number of nitrogens with one attached hydrogen (secondary N) is 1. The Hall–Kier alpha value is -3.07. The van der Waals surface area contributed by atoms with Gasteiger partial charge < -0.3 is 10.2 Å². The minimum absolute atomic E-state index is 0.0206. The molecule has 3 rings (SSSR count). The zero-order chi connectivity index (χ0) is 30.3. The Bertz CT molecular complexity index is 1480. The van der Waals surface area contributed by atoms with Crippen LogP contribution in [0.1, 0.15) is 36.1 Å². The number of hydrogen-bond donors (Lipinski definition) is 1. The molecule has 0 aliphatic rings. The Labute approximate surface area is 253 Å². The van der Waals surface area contributed by atoms with Gasteiger partial charge in [0.25, 0.3) is 0 Å². The molecule has 0 aliphatic heterocycles. The second kappa shape index (κ2) is 14.2. The number of aryl methyl sites for hydroxylation is 2. The van der Waals surface area contributed by atoms with Crippen molar-refractivity contribution in [1.29, 1.82) is 0 Å². The summed E-state index contributed by atoms with van der Waals surface area (Å²) in [7, 11) is -3.85. The average Bonchev–Trinajstić information content (AvgIpc) is 2.90. The summed E-state index contributed by atoms with van der Waals surface area (Å²) in [4.78, 5) is 29.3. The van der Waals surface area contributed by atoms with Gasteiger partial charge in [-0.2, -0.15) is 0 Å². The quantitative estimate of drug-likeness (QED) is 0.279. The number of anilines is 1.